The van der Waals surface area contributed by atoms with Crippen LogP contribution in [0, 0.1) is 19.8 Å². The summed E-state index contributed by atoms with van der Waals surface area (Å²) in [5.74, 6) is -1.27. The van der Waals surface area contributed by atoms with Gasteiger partial charge in [0.05, 0.1) is 5.92 Å². The molecule has 0 aromatic heterocycles. The highest BCUT2D eigenvalue weighted by Gasteiger charge is 2.81. The van der Waals surface area contributed by atoms with Gasteiger partial charge >= 0.3 is 0 Å². The van der Waals surface area contributed by atoms with Crippen molar-refractivity contribution in [2.75, 3.05) is 17.2 Å². The Morgan fingerprint density at radius 2 is 1.64 bits per heavy atom. The summed E-state index contributed by atoms with van der Waals surface area (Å²) in [5, 5.41) is 6.23. The summed E-state index contributed by atoms with van der Waals surface area (Å²) in [7, 11) is 0. The van der Waals surface area contributed by atoms with Gasteiger partial charge in [-0.2, -0.15) is 0 Å². The summed E-state index contributed by atoms with van der Waals surface area (Å²) < 4.78 is 0. The van der Waals surface area contributed by atoms with E-state index < -0.39 is 16.9 Å². The van der Waals surface area contributed by atoms with Crippen LogP contribution in [0.2, 0.25) is 0 Å². The number of benzene rings is 3. The van der Waals surface area contributed by atoms with Crippen LogP contribution in [0.5, 0.6) is 0 Å². The summed E-state index contributed by atoms with van der Waals surface area (Å²) in [5.41, 5.74) is 2.86. The number of carbonyl (C=O) groups is 3. The third-order valence-electron chi connectivity index (χ3n) is 8.96. The van der Waals surface area contributed by atoms with Gasteiger partial charge in [-0.3, -0.25) is 19.3 Å². The smallest absolute Gasteiger partial charge is 0.251 e. The van der Waals surface area contributed by atoms with Gasteiger partial charge in [0.15, 0.2) is 5.78 Å². The number of aryl methyl sites for hydroxylation is 2. The summed E-state index contributed by atoms with van der Waals surface area (Å²) in [4.78, 5) is 45.5. The highest BCUT2D eigenvalue weighted by molar-refractivity contribution is 6.21. The minimum Gasteiger partial charge on any atom is -0.325 e. The average Bonchev–Trinajstić information content (AvgIpc) is 3.59. The van der Waals surface area contributed by atoms with Crippen LogP contribution in [0.25, 0.3) is 0 Å². The second kappa shape index (κ2) is 7.14. The number of hydrogen-bond acceptors (Lipinski definition) is 4. The SMILES string of the molecule is Cc1ccc(C(=O)[C@@H]2[C@@H]3CCCN3[C@@]3(C(=O)Nc4c(C)cccc43)[C@]23C(=O)Nc2ccccc23)cc1. The molecule has 4 atom stereocenters. The molecule has 6 nitrogen and oxygen atoms in total. The first-order chi connectivity index (χ1) is 17.4. The monoisotopic (exact) mass is 477 g/mol. The fraction of sp³-hybridized carbons (Fsp3) is 0.300. The number of amides is 2. The minimum absolute atomic E-state index is 0.0791. The molecular formula is C30H27N3O3. The second-order valence-corrected chi connectivity index (χ2v) is 10.6. The normalized spacial score (nSPS) is 29.8. The molecule has 180 valence electrons. The molecule has 3 aromatic carbocycles. The van der Waals surface area contributed by atoms with E-state index in [4.69, 9.17) is 0 Å². The maximum absolute atomic E-state index is 14.5. The standard InChI is InChI=1S/C30H27N3O3/c1-17-12-14-19(15-13-17)26(34)24-23-11-6-16-33(23)30(21-9-5-7-18(2)25(21)32-28(30)36)29(24)20-8-3-4-10-22(20)31-27(29)35/h3-5,7-10,12-15,23-24H,6,11,16H2,1-2H3,(H,31,35)(H,32,36)/t23-,24-,29-,30-/m0/s1. The van der Waals surface area contributed by atoms with Crippen LogP contribution >= 0.6 is 0 Å². The van der Waals surface area contributed by atoms with Gasteiger partial charge in [0.1, 0.15) is 11.0 Å². The van der Waals surface area contributed by atoms with Crippen LogP contribution in [0.4, 0.5) is 11.4 Å². The molecule has 4 aliphatic heterocycles. The molecule has 2 saturated heterocycles. The zero-order valence-electron chi connectivity index (χ0n) is 20.3. The maximum Gasteiger partial charge on any atom is 0.251 e. The number of hydrogen-bond donors (Lipinski definition) is 2. The minimum atomic E-state index is -1.39. The molecule has 2 amide bonds. The number of anilines is 2. The molecule has 6 heteroatoms. The number of fused-ring (bicyclic) bond motifs is 7. The van der Waals surface area contributed by atoms with Gasteiger partial charge in [-0.1, -0.05) is 66.2 Å². The molecule has 7 rings (SSSR count). The van der Waals surface area contributed by atoms with E-state index >= 15 is 0 Å². The zero-order chi connectivity index (χ0) is 24.8. The first-order valence-corrected chi connectivity index (χ1v) is 12.6. The van der Waals surface area contributed by atoms with E-state index in [9.17, 15) is 14.4 Å². The summed E-state index contributed by atoms with van der Waals surface area (Å²) in [6.45, 7) is 4.61. The Bertz CT molecular complexity index is 1480. The molecule has 0 aliphatic carbocycles. The van der Waals surface area contributed by atoms with Crippen molar-refractivity contribution in [1.82, 2.24) is 4.90 Å². The molecular weight excluding hydrogens is 450 g/mol. The third-order valence-corrected chi connectivity index (χ3v) is 8.96. The van der Waals surface area contributed by atoms with Crippen LogP contribution < -0.4 is 10.6 Å². The quantitative estimate of drug-likeness (QED) is 0.539. The molecule has 2 spiro atoms. The van der Waals surface area contributed by atoms with Gasteiger partial charge < -0.3 is 10.6 Å². The number of carbonyl (C=O) groups excluding carboxylic acids is 3. The number of rotatable bonds is 2. The Morgan fingerprint density at radius 3 is 2.44 bits per heavy atom. The summed E-state index contributed by atoms with van der Waals surface area (Å²) >= 11 is 0. The Labute approximate surface area is 209 Å². The number of nitrogens with one attached hydrogen (secondary N) is 2. The molecule has 2 fully saturated rings. The molecule has 2 N–H and O–H groups in total. The van der Waals surface area contributed by atoms with Crippen molar-refractivity contribution >= 4 is 29.0 Å². The van der Waals surface area contributed by atoms with Crippen LogP contribution in [0.15, 0.2) is 66.7 Å². The lowest BCUT2D eigenvalue weighted by Crippen LogP contribution is -2.62. The predicted octanol–water partition coefficient (Wildman–Crippen LogP) is 4.32. The van der Waals surface area contributed by atoms with E-state index in [0.29, 0.717) is 17.8 Å². The summed E-state index contributed by atoms with van der Waals surface area (Å²) in [6, 6.07) is 20.8. The van der Waals surface area contributed by atoms with Crippen molar-refractivity contribution in [3.8, 4) is 0 Å². The fourth-order valence-electron chi connectivity index (χ4n) is 7.65. The largest absolute Gasteiger partial charge is 0.325 e. The molecule has 4 heterocycles. The van der Waals surface area contributed by atoms with Gasteiger partial charge in [-0.05, 0) is 50.4 Å². The number of nitrogens with zero attached hydrogens (tertiary/aromatic N) is 1. The molecule has 4 aliphatic rings. The first-order valence-electron chi connectivity index (χ1n) is 12.6. The van der Waals surface area contributed by atoms with Gasteiger partial charge in [-0.15, -0.1) is 0 Å². The maximum atomic E-state index is 14.5. The van der Waals surface area contributed by atoms with Crippen molar-refractivity contribution in [3.05, 3.63) is 94.5 Å². The fourth-order valence-corrected chi connectivity index (χ4v) is 7.65. The van der Waals surface area contributed by atoms with Crippen LogP contribution in [0.3, 0.4) is 0 Å². The highest BCUT2D eigenvalue weighted by atomic mass is 16.2. The van der Waals surface area contributed by atoms with Gasteiger partial charge in [0.25, 0.3) is 5.91 Å². The Hall–Kier alpha value is -3.77. The third kappa shape index (κ3) is 2.29. The van der Waals surface area contributed by atoms with Gasteiger partial charge in [-0.25, -0.2) is 0 Å². The predicted molar refractivity (Wildman–Crippen MR) is 137 cm³/mol. The average molecular weight is 478 g/mol. The first kappa shape index (κ1) is 21.5. The number of Topliss-reactive ketones (excluding diaryl/α,β-unsaturated/α-hetero) is 1. The molecule has 0 unspecified atom stereocenters. The Morgan fingerprint density at radius 1 is 0.889 bits per heavy atom. The van der Waals surface area contributed by atoms with E-state index in [2.05, 4.69) is 15.5 Å². The summed E-state index contributed by atoms with van der Waals surface area (Å²) in [6.07, 6.45) is 1.63. The number of para-hydroxylation sites is 2. The zero-order valence-corrected chi connectivity index (χ0v) is 20.3. The Balaban J connectivity index is 1.59. The second-order valence-electron chi connectivity index (χ2n) is 10.6. The van der Waals surface area contributed by atoms with Crippen molar-refractivity contribution in [1.29, 1.82) is 0 Å². The van der Waals surface area contributed by atoms with E-state index in [-0.39, 0.29) is 23.6 Å². The van der Waals surface area contributed by atoms with Crippen molar-refractivity contribution in [2.45, 2.75) is 43.7 Å². The van der Waals surface area contributed by atoms with E-state index in [1.807, 2.05) is 80.6 Å². The lowest BCUT2D eigenvalue weighted by molar-refractivity contribution is -0.137. The van der Waals surface area contributed by atoms with Gasteiger partial charge in [0.2, 0.25) is 5.91 Å². The Kier molecular flexibility index (Phi) is 4.26. The molecule has 3 aromatic rings. The van der Waals surface area contributed by atoms with Crippen LogP contribution in [-0.2, 0) is 20.5 Å². The van der Waals surface area contributed by atoms with E-state index in [1.165, 1.54) is 0 Å². The molecule has 36 heavy (non-hydrogen) atoms. The lowest BCUT2D eigenvalue weighted by Gasteiger charge is -2.43. The van der Waals surface area contributed by atoms with Crippen molar-refractivity contribution in [3.63, 3.8) is 0 Å². The molecule has 0 bridgehead atoms. The van der Waals surface area contributed by atoms with Crippen molar-refractivity contribution in [2.24, 2.45) is 5.92 Å². The number of ketones is 1. The van der Waals surface area contributed by atoms with E-state index in [1.54, 1.807) is 0 Å². The van der Waals surface area contributed by atoms with Crippen LogP contribution in [-0.4, -0.2) is 35.1 Å². The van der Waals surface area contributed by atoms with Gasteiger partial charge in [0, 0.05) is 28.5 Å². The molecule has 0 saturated carbocycles. The van der Waals surface area contributed by atoms with Crippen LogP contribution in [0.1, 0.15) is 45.5 Å². The topological polar surface area (TPSA) is 78.5 Å². The van der Waals surface area contributed by atoms with E-state index in [0.717, 1.165) is 40.8 Å². The molecule has 0 radical (unpaired) electrons. The van der Waals surface area contributed by atoms with Crippen molar-refractivity contribution < 1.29 is 14.4 Å². The lowest BCUT2D eigenvalue weighted by atomic mass is 9.57. The highest BCUT2D eigenvalue weighted by Crippen LogP contribution is 2.68.